The molecule has 1 aromatic rings. The first-order chi connectivity index (χ1) is 7.08. The molecule has 1 aliphatic rings. The van der Waals surface area contributed by atoms with Crippen LogP contribution in [0.4, 0.5) is 5.69 Å². The average molecular weight is 226 g/mol. The van der Waals surface area contributed by atoms with Crippen molar-refractivity contribution in [1.82, 2.24) is 0 Å². The molecule has 15 heavy (non-hydrogen) atoms. The van der Waals surface area contributed by atoms with Crippen molar-refractivity contribution in [2.45, 2.75) is 26.8 Å². The highest BCUT2D eigenvalue weighted by molar-refractivity contribution is 6.31. The van der Waals surface area contributed by atoms with Crippen LogP contribution in [0, 0.1) is 12.8 Å². The van der Waals surface area contributed by atoms with E-state index in [1.807, 2.05) is 19.1 Å². The van der Waals surface area contributed by atoms with Crippen LogP contribution in [0.25, 0.3) is 0 Å². The van der Waals surface area contributed by atoms with Crippen LogP contribution in [0.15, 0.2) is 12.1 Å². The molecule has 1 N–H and O–H groups in total. The lowest BCUT2D eigenvalue weighted by Gasteiger charge is -2.30. The highest BCUT2D eigenvalue weighted by Crippen LogP contribution is 2.34. The van der Waals surface area contributed by atoms with Crippen molar-refractivity contribution < 1.29 is 4.74 Å². The summed E-state index contributed by atoms with van der Waals surface area (Å²) in [4.78, 5) is 0. The molecule has 0 amide bonds. The Kier molecular flexibility index (Phi) is 2.79. The molecule has 2 nitrogen and oxygen atoms in total. The van der Waals surface area contributed by atoms with Gasteiger partial charge in [-0.25, -0.2) is 0 Å². The molecule has 0 radical (unpaired) electrons. The van der Waals surface area contributed by atoms with Gasteiger partial charge < -0.3 is 10.1 Å². The summed E-state index contributed by atoms with van der Waals surface area (Å²) in [7, 11) is 0. The van der Waals surface area contributed by atoms with E-state index in [0.29, 0.717) is 18.6 Å². The van der Waals surface area contributed by atoms with Gasteiger partial charge in [0.25, 0.3) is 0 Å². The molecular weight excluding hydrogens is 210 g/mol. The summed E-state index contributed by atoms with van der Waals surface area (Å²) in [6.07, 6.45) is 0. The second-order valence-corrected chi connectivity index (χ2v) is 4.81. The largest absolute Gasteiger partial charge is 0.489 e. The molecule has 0 fully saturated rings. The minimum atomic E-state index is 0.387. The molecule has 2 rings (SSSR count). The van der Waals surface area contributed by atoms with Crippen molar-refractivity contribution in [3.8, 4) is 5.75 Å². The van der Waals surface area contributed by atoms with Crippen molar-refractivity contribution in [3.05, 3.63) is 22.7 Å². The summed E-state index contributed by atoms with van der Waals surface area (Å²) in [5, 5.41) is 4.24. The molecule has 0 aliphatic carbocycles. The van der Waals surface area contributed by atoms with E-state index < -0.39 is 0 Å². The van der Waals surface area contributed by atoms with Gasteiger partial charge in [-0.05, 0) is 24.5 Å². The van der Waals surface area contributed by atoms with Gasteiger partial charge in [-0.2, -0.15) is 0 Å². The Morgan fingerprint density at radius 1 is 1.47 bits per heavy atom. The summed E-state index contributed by atoms with van der Waals surface area (Å²) in [6.45, 7) is 7.09. The zero-order chi connectivity index (χ0) is 11.0. The number of halogens is 1. The smallest absolute Gasteiger partial charge is 0.144 e. The highest BCUT2D eigenvalue weighted by Gasteiger charge is 2.21. The van der Waals surface area contributed by atoms with E-state index in [2.05, 4.69) is 19.2 Å². The highest BCUT2D eigenvalue weighted by atomic mass is 35.5. The summed E-state index contributed by atoms with van der Waals surface area (Å²) in [6, 6.07) is 4.32. The topological polar surface area (TPSA) is 21.3 Å². The first-order valence-electron chi connectivity index (χ1n) is 5.27. The minimum Gasteiger partial charge on any atom is -0.489 e. The lowest BCUT2D eigenvalue weighted by Crippen LogP contribution is -2.35. The van der Waals surface area contributed by atoms with Crippen LogP contribution >= 0.6 is 11.6 Å². The summed E-state index contributed by atoms with van der Waals surface area (Å²) >= 11 is 6.04. The van der Waals surface area contributed by atoms with Crippen LogP contribution in [-0.4, -0.2) is 12.6 Å². The van der Waals surface area contributed by atoms with E-state index in [-0.39, 0.29) is 0 Å². The Balaban J connectivity index is 2.30. The third-order valence-corrected chi connectivity index (χ3v) is 3.23. The van der Waals surface area contributed by atoms with Crippen molar-refractivity contribution >= 4 is 17.3 Å². The molecule has 0 saturated heterocycles. The van der Waals surface area contributed by atoms with Crippen LogP contribution < -0.4 is 10.1 Å². The quantitative estimate of drug-likeness (QED) is 0.790. The van der Waals surface area contributed by atoms with E-state index in [0.717, 1.165) is 22.0 Å². The van der Waals surface area contributed by atoms with E-state index in [1.54, 1.807) is 0 Å². The molecule has 0 saturated carbocycles. The van der Waals surface area contributed by atoms with Gasteiger partial charge in [0.1, 0.15) is 12.4 Å². The van der Waals surface area contributed by atoms with Gasteiger partial charge in [0.05, 0.1) is 11.7 Å². The van der Waals surface area contributed by atoms with Crippen LogP contribution in [0.1, 0.15) is 19.4 Å². The van der Waals surface area contributed by atoms with E-state index in [4.69, 9.17) is 16.3 Å². The Bertz CT molecular complexity index is 376. The zero-order valence-corrected chi connectivity index (χ0v) is 10.1. The summed E-state index contributed by atoms with van der Waals surface area (Å²) in [5.74, 6) is 1.43. The van der Waals surface area contributed by atoms with Crippen LogP contribution in [0.5, 0.6) is 5.75 Å². The van der Waals surface area contributed by atoms with Gasteiger partial charge in [-0.3, -0.25) is 0 Å². The fraction of sp³-hybridized carbons (Fsp3) is 0.500. The molecule has 1 atom stereocenters. The predicted molar refractivity (Wildman–Crippen MR) is 63.9 cm³/mol. The molecular formula is C12H16ClNO. The maximum Gasteiger partial charge on any atom is 0.144 e. The predicted octanol–water partition coefficient (Wildman–Crippen LogP) is 3.48. The Morgan fingerprint density at radius 2 is 2.20 bits per heavy atom. The zero-order valence-electron chi connectivity index (χ0n) is 9.30. The lowest BCUT2D eigenvalue weighted by molar-refractivity contribution is 0.257. The van der Waals surface area contributed by atoms with Gasteiger partial charge >= 0.3 is 0 Å². The monoisotopic (exact) mass is 225 g/mol. The molecule has 1 unspecified atom stereocenters. The van der Waals surface area contributed by atoms with E-state index in [1.165, 1.54) is 0 Å². The molecule has 0 spiro atoms. The number of hydrogen-bond acceptors (Lipinski definition) is 2. The average Bonchev–Trinajstić information content (AvgIpc) is 2.19. The van der Waals surface area contributed by atoms with Crippen LogP contribution in [0.2, 0.25) is 5.02 Å². The van der Waals surface area contributed by atoms with Crippen molar-refractivity contribution in [3.63, 3.8) is 0 Å². The molecule has 1 heterocycles. The van der Waals surface area contributed by atoms with Gasteiger partial charge in [-0.15, -0.1) is 0 Å². The SMILES string of the molecule is Cc1cc2c(cc1Cl)OCC(C(C)C)N2. The molecule has 3 heteroatoms. The molecule has 1 aromatic carbocycles. The maximum absolute atomic E-state index is 6.04. The normalized spacial score (nSPS) is 19.4. The first-order valence-corrected chi connectivity index (χ1v) is 5.65. The number of fused-ring (bicyclic) bond motifs is 1. The van der Waals surface area contributed by atoms with Crippen LogP contribution in [0.3, 0.4) is 0 Å². The molecule has 1 aliphatic heterocycles. The second-order valence-electron chi connectivity index (χ2n) is 4.40. The second kappa shape index (κ2) is 3.93. The lowest BCUT2D eigenvalue weighted by atomic mass is 10.0. The standard InChI is InChI=1S/C12H16ClNO/c1-7(2)11-6-15-12-5-9(13)8(3)4-10(12)14-11/h4-5,7,11,14H,6H2,1-3H3. The number of hydrogen-bond donors (Lipinski definition) is 1. The van der Waals surface area contributed by atoms with Gasteiger partial charge in [0.2, 0.25) is 0 Å². The van der Waals surface area contributed by atoms with Crippen LogP contribution in [-0.2, 0) is 0 Å². The number of rotatable bonds is 1. The van der Waals surface area contributed by atoms with Crippen molar-refractivity contribution in [2.24, 2.45) is 5.92 Å². The fourth-order valence-corrected chi connectivity index (χ4v) is 1.83. The number of aryl methyl sites for hydroxylation is 1. The Morgan fingerprint density at radius 3 is 2.87 bits per heavy atom. The molecule has 82 valence electrons. The summed E-state index contributed by atoms with van der Waals surface area (Å²) in [5.41, 5.74) is 2.14. The summed E-state index contributed by atoms with van der Waals surface area (Å²) < 4.78 is 5.69. The van der Waals surface area contributed by atoms with Gasteiger partial charge in [-0.1, -0.05) is 25.4 Å². The minimum absolute atomic E-state index is 0.387. The number of anilines is 1. The molecule has 0 bridgehead atoms. The number of benzene rings is 1. The number of ether oxygens (including phenoxy) is 1. The van der Waals surface area contributed by atoms with E-state index >= 15 is 0 Å². The first kappa shape index (κ1) is 10.6. The van der Waals surface area contributed by atoms with Crippen molar-refractivity contribution in [2.75, 3.05) is 11.9 Å². The van der Waals surface area contributed by atoms with Crippen molar-refractivity contribution in [1.29, 1.82) is 0 Å². The fourth-order valence-electron chi connectivity index (χ4n) is 1.68. The van der Waals surface area contributed by atoms with Gasteiger partial charge in [0, 0.05) is 11.1 Å². The third-order valence-electron chi connectivity index (χ3n) is 2.82. The maximum atomic E-state index is 6.04. The Labute approximate surface area is 95.6 Å². The Hall–Kier alpha value is -0.890. The van der Waals surface area contributed by atoms with E-state index in [9.17, 15) is 0 Å². The number of nitrogens with one attached hydrogen (secondary N) is 1. The molecule has 0 aromatic heterocycles. The third kappa shape index (κ3) is 2.05. The van der Waals surface area contributed by atoms with Gasteiger partial charge in [0.15, 0.2) is 0 Å².